The Morgan fingerprint density at radius 2 is 1.86 bits per heavy atom. The van der Waals surface area contributed by atoms with Crippen molar-refractivity contribution in [2.24, 2.45) is 0 Å². The predicted octanol–water partition coefficient (Wildman–Crippen LogP) is 3.23. The monoisotopic (exact) mass is 513 g/mol. The lowest BCUT2D eigenvalue weighted by Gasteiger charge is -2.34. The maximum Gasteiger partial charge on any atom is 0.258 e. The number of rotatable bonds is 5. The minimum atomic E-state index is -0.432. The third kappa shape index (κ3) is 4.21. The topological polar surface area (TPSA) is 95.7 Å². The number of hydrogen-bond acceptors (Lipinski definition) is 8. The van der Waals surface area contributed by atoms with E-state index in [4.69, 9.17) is 4.98 Å². The summed E-state index contributed by atoms with van der Waals surface area (Å²) in [7, 11) is 0. The highest BCUT2D eigenvalue weighted by Gasteiger charge is 2.24. The summed E-state index contributed by atoms with van der Waals surface area (Å²) in [6.45, 7) is 8.99. The van der Waals surface area contributed by atoms with Crippen molar-refractivity contribution in [3.63, 3.8) is 0 Å². The van der Waals surface area contributed by atoms with Gasteiger partial charge < -0.3 is 15.1 Å². The Hall–Kier alpha value is -3.89. The molecule has 1 aliphatic heterocycles. The molecule has 188 valence electrons. The SMILES string of the molecule is CCN1CCN(c2ccc3c(=O)c(C(=O)NCc4cnc(C)cn4)c4sc5ccccc5n4c3n2)CC1. The second-order valence-electron chi connectivity index (χ2n) is 9.21. The number of thiazole rings is 1. The fraction of sp³-hybridized carbons (Fsp3) is 0.296. The summed E-state index contributed by atoms with van der Waals surface area (Å²) in [5, 5.41) is 3.30. The standard InChI is InChI=1S/C27H27N7O2S/c1-3-32-10-12-33(13-11-32)22-9-8-19-24(35)23(26(36)30-16-18-15-28-17(2)14-29-18)27-34(25(19)31-22)20-6-4-5-7-21(20)37-27/h4-9,14-15H,3,10-13,16H2,1-2H3,(H,30,36). The van der Waals surface area contributed by atoms with Crippen molar-refractivity contribution >= 4 is 49.1 Å². The zero-order valence-corrected chi connectivity index (χ0v) is 21.6. The molecule has 5 heterocycles. The number of para-hydroxylation sites is 1. The van der Waals surface area contributed by atoms with Crippen LogP contribution < -0.4 is 15.6 Å². The Bertz CT molecular complexity index is 1690. The van der Waals surface area contributed by atoms with E-state index in [2.05, 4.69) is 32.0 Å². The van der Waals surface area contributed by atoms with Gasteiger partial charge in [0.15, 0.2) is 5.65 Å². The molecule has 9 nitrogen and oxygen atoms in total. The fourth-order valence-electron chi connectivity index (χ4n) is 4.82. The van der Waals surface area contributed by atoms with Gasteiger partial charge in [-0.05, 0) is 37.7 Å². The van der Waals surface area contributed by atoms with Crippen molar-refractivity contribution in [2.75, 3.05) is 37.6 Å². The summed E-state index contributed by atoms with van der Waals surface area (Å²) in [5.74, 6) is 0.417. The lowest BCUT2D eigenvalue weighted by molar-refractivity contribution is 0.0951. The van der Waals surface area contributed by atoms with Crippen LogP contribution in [0, 0.1) is 6.92 Å². The van der Waals surface area contributed by atoms with Crippen molar-refractivity contribution in [2.45, 2.75) is 20.4 Å². The first kappa shape index (κ1) is 23.5. The van der Waals surface area contributed by atoms with Crippen LogP contribution in [0.2, 0.25) is 0 Å². The molecule has 1 aliphatic rings. The van der Waals surface area contributed by atoms with E-state index in [1.165, 1.54) is 11.3 Å². The van der Waals surface area contributed by atoms with Crippen LogP contribution in [-0.2, 0) is 6.54 Å². The molecule has 37 heavy (non-hydrogen) atoms. The number of benzene rings is 1. The van der Waals surface area contributed by atoms with Gasteiger partial charge >= 0.3 is 0 Å². The first-order valence-electron chi connectivity index (χ1n) is 12.4. The smallest absolute Gasteiger partial charge is 0.258 e. The third-order valence-electron chi connectivity index (χ3n) is 6.91. The Morgan fingerprint density at radius 3 is 2.62 bits per heavy atom. The zero-order valence-electron chi connectivity index (χ0n) is 20.8. The molecule has 0 atom stereocenters. The highest BCUT2D eigenvalue weighted by atomic mass is 32.1. The Labute approximate surface area is 217 Å². The maximum absolute atomic E-state index is 13.7. The summed E-state index contributed by atoms with van der Waals surface area (Å²) >= 11 is 1.43. The van der Waals surface area contributed by atoms with Gasteiger partial charge in [-0.15, -0.1) is 11.3 Å². The molecule has 0 saturated carbocycles. The normalized spacial score (nSPS) is 14.6. The number of anilines is 1. The van der Waals surface area contributed by atoms with Crippen LogP contribution in [0.1, 0.15) is 28.7 Å². The highest BCUT2D eigenvalue weighted by Crippen LogP contribution is 2.31. The molecule has 1 aromatic carbocycles. The Kier molecular flexibility index (Phi) is 6.05. The first-order valence-corrected chi connectivity index (χ1v) is 13.2. The molecule has 0 aliphatic carbocycles. The second kappa shape index (κ2) is 9.53. The van der Waals surface area contributed by atoms with Crippen LogP contribution in [0.3, 0.4) is 0 Å². The van der Waals surface area contributed by atoms with E-state index in [0.717, 1.165) is 54.5 Å². The average Bonchev–Trinajstić information content (AvgIpc) is 3.32. The van der Waals surface area contributed by atoms with Crippen molar-refractivity contribution < 1.29 is 4.79 Å². The van der Waals surface area contributed by atoms with Crippen LogP contribution >= 0.6 is 11.3 Å². The van der Waals surface area contributed by atoms with Crippen molar-refractivity contribution in [1.82, 2.24) is 29.6 Å². The number of likely N-dealkylation sites (N-methyl/N-ethyl adjacent to an activating group) is 1. The molecule has 0 spiro atoms. The molecular formula is C27H27N7O2S. The van der Waals surface area contributed by atoms with Gasteiger partial charge in [0, 0.05) is 32.4 Å². The van der Waals surface area contributed by atoms with Crippen molar-refractivity contribution in [3.8, 4) is 0 Å². The number of fused-ring (bicyclic) bond motifs is 5. The van der Waals surface area contributed by atoms with Gasteiger partial charge in [-0.3, -0.25) is 24.0 Å². The number of carbonyl (C=O) groups excluding carboxylic acids is 1. The van der Waals surface area contributed by atoms with E-state index in [9.17, 15) is 9.59 Å². The summed E-state index contributed by atoms with van der Waals surface area (Å²) in [5.41, 5.74) is 2.74. The molecule has 5 aromatic rings. The molecule has 1 saturated heterocycles. The maximum atomic E-state index is 13.7. The minimum absolute atomic E-state index is 0.125. The minimum Gasteiger partial charge on any atom is -0.354 e. The largest absolute Gasteiger partial charge is 0.354 e. The number of nitrogens with zero attached hydrogens (tertiary/aromatic N) is 6. The van der Waals surface area contributed by atoms with Crippen LogP contribution in [0.25, 0.3) is 26.1 Å². The van der Waals surface area contributed by atoms with E-state index in [1.54, 1.807) is 12.4 Å². The Balaban J connectivity index is 1.47. The van der Waals surface area contributed by atoms with Gasteiger partial charge in [-0.2, -0.15) is 0 Å². The van der Waals surface area contributed by atoms with Gasteiger partial charge in [-0.25, -0.2) is 4.98 Å². The zero-order chi connectivity index (χ0) is 25.5. The van der Waals surface area contributed by atoms with Gasteiger partial charge in [0.1, 0.15) is 16.2 Å². The van der Waals surface area contributed by atoms with Crippen LogP contribution in [0.5, 0.6) is 0 Å². The second-order valence-corrected chi connectivity index (χ2v) is 10.2. The van der Waals surface area contributed by atoms with Crippen LogP contribution in [0.4, 0.5) is 5.82 Å². The molecule has 0 unspecified atom stereocenters. The quantitative estimate of drug-likeness (QED) is 0.386. The summed E-state index contributed by atoms with van der Waals surface area (Å²) in [4.78, 5) is 45.9. The Morgan fingerprint density at radius 1 is 1.05 bits per heavy atom. The molecule has 1 amide bonds. The highest BCUT2D eigenvalue weighted by molar-refractivity contribution is 7.24. The number of amides is 1. The van der Waals surface area contributed by atoms with Gasteiger partial charge in [-0.1, -0.05) is 19.1 Å². The number of nitrogens with one attached hydrogen (secondary N) is 1. The van der Waals surface area contributed by atoms with Gasteiger partial charge in [0.2, 0.25) is 5.43 Å². The molecule has 1 fully saturated rings. The van der Waals surface area contributed by atoms with Crippen molar-refractivity contribution in [3.05, 3.63) is 76.0 Å². The average molecular weight is 514 g/mol. The van der Waals surface area contributed by atoms with Crippen molar-refractivity contribution in [1.29, 1.82) is 0 Å². The van der Waals surface area contributed by atoms with E-state index >= 15 is 0 Å². The number of hydrogen-bond donors (Lipinski definition) is 1. The molecule has 4 aromatic heterocycles. The number of pyridine rings is 2. The number of piperazine rings is 1. The number of carbonyl (C=O) groups is 1. The lowest BCUT2D eigenvalue weighted by atomic mass is 10.1. The fourth-order valence-corrected chi connectivity index (χ4v) is 6.00. The van der Waals surface area contributed by atoms with E-state index in [1.807, 2.05) is 47.7 Å². The molecular weight excluding hydrogens is 486 g/mol. The summed E-state index contributed by atoms with van der Waals surface area (Å²) < 4.78 is 2.94. The van der Waals surface area contributed by atoms with Crippen LogP contribution in [0.15, 0.2) is 53.6 Å². The number of aromatic nitrogens is 4. The van der Waals surface area contributed by atoms with Crippen LogP contribution in [-0.4, -0.2) is 62.9 Å². The molecule has 0 bridgehead atoms. The number of aryl methyl sites for hydroxylation is 1. The third-order valence-corrected chi connectivity index (χ3v) is 8.05. The summed E-state index contributed by atoms with van der Waals surface area (Å²) in [6, 6.07) is 11.6. The lowest BCUT2D eigenvalue weighted by Crippen LogP contribution is -2.46. The van der Waals surface area contributed by atoms with E-state index < -0.39 is 5.91 Å². The summed E-state index contributed by atoms with van der Waals surface area (Å²) in [6.07, 6.45) is 3.28. The predicted molar refractivity (Wildman–Crippen MR) is 147 cm³/mol. The van der Waals surface area contributed by atoms with Gasteiger partial charge in [0.25, 0.3) is 5.91 Å². The van der Waals surface area contributed by atoms with Gasteiger partial charge in [0.05, 0.1) is 39.7 Å². The molecule has 1 N–H and O–H groups in total. The molecule has 10 heteroatoms. The molecule has 0 radical (unpaired) electrons. The van der Waals surface area contributed by atoms with E-state index in [-0.39, 0.29) is 17.5 Å². The van der Waals surface area contributed by atoms with E-state index in [0.29, 0.717) is 21.6 Å². The first-order chi connectivity index (χ1) is 18.0. The molecule has 6 rings (SSSR count).